The number of piperazine rings is 1. The number of nitrogens with one attached hydrogen (secondary N) is 1. The van der Waals surface area contributed by atoms with Gasteiger partial charge in [0.05, 0.1) is 5.56 Å². The number of halogens is 4. The van der Waals surface area contributed by atoms with Crippen molar-refractivity contribution in [3.63, 3.8) is 0 Å². The van der Waals surface area contributed by atoms with Gasteiger partial charge in [0, 0.05) is 38.4 Å². The van der Waals surface area contributed by atoms with Crippen LogP contribution >= 0.6 is 12.4 Å². The second-order valence-corrected chi connectivity index (χ2v) is 9.48. The van der Waals surface area contributed by atoms with E-state index in [-0.39, 0.29) is 12.4 Å². The summed E-state index contributed by atoms with van der Waals surface area (Å²) < 4.78 is 38.9. The summed E-state index contributed by atoms with van der Waals surface area (Å²) >= 11 is 0. The molecule has 4 saturated carbocycles. The van der Waals surface area contributed by atoms with Gasteiger partial charge >= 0.3 is 6.18 Å². The molecule has 29 heavy (non-hydrogen) atoms. The lowest BCUT2D eigenvalue weighted by Crippen LogP contribution is -2.55. The number of hydrazine groups is 1. The minimum absolute atomic E-state index is 0. The van der Waals surface area contributed by atoms with Crippen LogP contribution in [0.15, 0.2) is 24.3 Å². The lowest BCUT2D eigenvalue weighted by Gasteiger charge is -2.55. The van der Waals surface area contributed by atoms with E-state index < -0.39 is 11.7 Å². The van der Waals surface area contributed by atoms with Gasteiger partial charge in [-0.25, -0.2) is 5.01 Å². The molecule has 1 aromatic carbocycles. The molecule has 4 aliphatic carbocycles. The Bertz CT molecular complexity index is 675. The minimum atomic E-state index is -4.28. The van der Waals surface area contributed by atoms with E-state index in [9.17, 15) is 13.2 Å². The third kappa shape index (κ3) is 4.40. The summed E-state index contributed by atoms with van der Waals surface area (Å²) in [4.78, 5) is 2.07. The summed E-state index contributed by atoms with van der Waals surface area (Å²) in [6.07, 6.45) is 3.00. The van der Waals surface area contributed by atoms with Gasteiger partial charge in [-0.05, 0) is 79.9 Å². The van der Waals surface area contributed by atoms with Crippen molar-refractivity contribution in [2.45, 2.75) is 38.3 Å². The highest BCUT2D eigenvalue weighted by Crippen LogP contribution is 2.56. The van der Waals surface area contributed by atoms with Crippen molar-refractivity contribution in [2.24, 2.45) is 29.6 Å². The van der Waals surface area contributed by atoms with E-state index >= 15 is 0 Å². The fourth-order valence-electron chi connectivity index (χ4n) is 6.61. The zero-order valence-corrected chi connectivity index (χ0v) is 17.5. The van der Waals surface area contributed by atoms with Crippen molar-refractivity contribution in [3.05, 3.63) is 29.8 Å². The molecule has 5 fully saturated rings. The summed E-state index contributed by atoms with van der Waals surface area (Å²) in [6.45, 7) is 4.30. The predicted octanol–water partition coefficient (Wildman–Crippen LogP) is 4.83. The number of nitrogens with zero attached hydrogens (tertiary/aromatic N) is 2. The lowest BCUT2D eigenvalue weighted by atomic mass is 9.52. The predicted molar refractivity (Wildman–Crippen MR) is 111 cm³/mol. The highest BCUT2D eigenvalue weighted by molar-refractivity contribution is 5.85. The lowest BCUT2D eigenvalue weighted by molar-refractivity contribution is -0.137. The Morgan fingerprint density at radius 1 is 0.897 bits per heavy atom. The minimum Gasteiger partial charge on any atom is -0.369 e. The van der Waals surface area contributed by atoms with Gasteiger partial charge in [-0.15, -0.1) is 12.4 Å². The number of rotatable bonds is 4. The third-order valence-electron chi connectivity index (χ3n) is 7.79. The molecule has 6 rings (SSSR count). The number of hydrogen-bond acceptors (Lipinski definition) is 3. The van der Waals surface area contributed by atoms with Crippen LogP contribution in [-0.2, 0) is 6.18 Å². The molecule has 0 spiro atoms. The van der Waals surface area contributed by atoms with Gasteiger partial charge in [-0.2, -0.15) is 13.2 Å². The standard InChI is InChI=1S/C22H30F3N3.ClH/c23-22(24,25)19-2-1-3-20(13-19)27-4-6-28(7-5-27)26-14-21-17-9-15-8-16(11-17)12-18(21)10-15;/h1-3,13,15-18,21,26H,4-12,14H2;1H. The zero-order valence-electron chi connectivity index (χ0n) is 16.7. The quantitative estimate of drug-likeness (QED) is 0.739. The van der Waals surface area contributed by atoms with Crippen LogP contribution in [0.3, 0.4) is 0 Å². The summed E-state index contributed by atoms with van der Waals surface area (Å²) in [5.74, 6) is 4.70. The van der Waals surface area contributed by atoms with Gasteiger partial charge in [0.15, 0.2) is 0 Å². The summed E-state index contributed by atoms with van der Waals surface area (Å²) in [5, 5.41) is 2.29. The molecule has 0 aromatic heterocycles. The molecule has 0 amide bonds. The van der Waals surface area contributed by atoms with E-state index in [1.807, 2.05) is 0 Å². The van der Waals surface area contributed by atoms with Crippen LogP contribution in [0.4, 0.5) is 18.9 Å². The van der Waals surface area contributed by atoms with Crippen molar-refractivity contribution in [3.8, 4) is 0 Å². The molecule has 0 atom stereocenters. The number of anilines is 1. The Balaban J connectivity index is 0.00000205. The first kappa shape index (κ1) is 21.3. The molecule has 1 saturated heterocycles. The molecule has 1 aliphatic heterocycles. The molecular weight excluding hydrogens is 399 g/mol. The molecule has 4 bridgehead atoms. The topological polar surface area (TPSA) is 18.5 Å². The van der Waals surface area contributed by atoms with Crippen molar-refractivity contribution < 1.29 is 13.2 Å². The van der Waals surface area contributed by atoms with Crippen LogP contribution in [0.1, 0.15) is 37.7 Å². The third-order valence-corrected chi connectivity index (χ3v) is 7.79. The van der Waals surface area contributed by atoms with E-state index in [0.717, 1.165) is 68.4 Å². The van der Waals surface area contributed by atoms with Crippen molar-refractivity contribution in [1.29, 1.82) is 0 Å². The second kappa shape index (κ2) is 8.27. The Morgan fingerprint density at radius 2 is 1.52 bits per heavy atom. The molecule has 1 N–H and O–H groups in total. The average molecular weight is 430 g/mol. The van der Waals surface area contributed by atoms with Gasteiger partial charge in [-0.1, -0.05) is 6.07 Å². The first-order valence-corrected chi connectivity index (χ1v) is 10.9. The Hall–Kier alpha value is -0.980. The normalized spacial score (nSPS) is 34.3. The SMILES string of the molecule is Cl.FC(F)(F)c1cccc(N2CCN(NCC3C4CC5CC(C4)CC3C5)CC2)c1. The number of alkyl halides is 3. The van der Waals surface area contributed by atoms with Crippen LogP contribution < -0.4 is 10.3 Å². The molecule has 5 aliphatic rings. The monoisotopic (exact) mass is 429 g/mol. The van der Waals surface area contributed by atoms with E-state index in [0.29, 0.717) is 5.69 Å². The molecule has 162 valence electrons. The van der Waals surface area contributed by atoms with Gasteiger partial charge < -0.3 is 4.90 Å². The molecule has 0 radical (unpaired) electrons. The molecule has 0 unspecified atom stereocenters. The molecule has 1 aromatic rings. The van der Waals surface area contributed by atoms with Crippen LogP contribution in [0, 0.1) is 29.6 Å². The summed E-state index contributed by atoms with van der Waals surface area (Å²) in [5.41, 5.74) is 3.80. The van der Waals surface area contributed by atoms with Crippen LogP contribution in [-0.4, -0.2) is 37.7 Å². The maximum absolute atomic E-state index is 13.0. The smallest absolute Gasteiger partial charge is 0.369 e. The van der Waals surface area contributed by atoms with Gasteiger partial charge in [0.1, 0.15) is 0 Å². The second-order valence-electron chi connectivity index (χ2n) is 9.48. The van der Waals surface area contributed by atoms with Crippen molar-refractivity contribution in [2.75, 3.05) is 37.6 Å². The fourth-order valence-corrected chi connectivity index (χ4v) is 6.61. The number of benzene rings is 1. The van der Waals surface area contributed by atoms with Crippen molar-refractivity contribution in [1.82, 2.24) is 10.4 Å². The highest BCUT2D eigenvalue weighted by Gasteiger charge is 2.47. The molecule has 1 heterocycles. The van der Waals surface area contributed by atoms with E-state index in [1.165, 1.54) is 44.2 Å². The van der Waals surface area contributed by atoms with Crippen molar-refractivity contribution >= 4 is 18.1 Å². The zero-order chi connectivity index (χ0) is 19.3. The average Bonchev–Trinajstić information content (AvgIpc) is 2.67. The maximum atomic E-state index is 13.0. The largest absolute Gasteiger partial charge is 0.416 e. The van der Waals surface area contributed by atoms with Gasteiger partial charge in [0.25, 0.3) is 0 Å². The Kier molecular flexibility index (Phi) is 6.07. The maximum Gasteiger partial charge on any atom is 0.416 e. The van der Waals surface area contributed by atoms with E-state index in [1.54, 1.807) is 6.07 Å². The van der Waals surface area contributed by atoms with Crippen LogP contribution in [0.2, 0.25) is 0 Å². The molecule has 7 heteroatoms. The Labute approximate surface area is 177 Å². The van der Waals surface area contributed by atoms with E-state index in [2.05, 4.69) is 15.3 Å². The summed E-state index contributed by atoms with van der Waals surface area (Å²) in [6, 6.07) is 5.71. The Morgan fingerprint density at radius 3 is 2.10 bits per heavy atom. The highest BCUT2D eigenvalue weighted by atomic mass is 35.5. The first-order valence-electron chi connectivity index (χ1n) is 10.9. The number of hydrogen-bond donors (Lipinski definition) is 1. The first-order chi connectivity index (χ1) is 13.5. The van der Waals surface area contributed by atoms with Crippen LogP contribution in [0.25, 0.3) is 0 Å². The van der Waals surface area contributed by atoms with Gasteiger partial charge in [0.2, 0.25) is 0 Å². The molecular formula is C22H31ClF3N3. The van der Waals surface area contributed by atoms with Gasteiger partial charge in [-0.3, -0.25) is 5.43 Å². The van der Waals surface area contributed by atoms with Crippen LogP contribution in [0.5, 0.6) is 0 Å². The van der Waals surface area contributed by atoms with E-state index in [4.69, 9.17) is 0 Å². The summed E-state index contributed by atoms with van der Waals surface area (Å²) in [7, 11) is 0. The fraction of sp³-hybridized carbons (Fsp3) is 0.727. The molecule has 3 nitrogen and oxygen atoms in total.